The summed E-state index contributed by atoms with van der Waals surface area (Å²) >= 11 is 5.88. The molecule has 0 aliphatic carbocycles. The Labute approximate surface area is 160 Å². The predicted molar refractivity (Wildman–Crippen MR) is 103 cm³/mol. The number of methoxy groups -OCH3 is 3. The van der Waals surface area contributed by atoms with Gasteiger partial charge < -0.3 is 19.5 Å². The Balaban J connectivity index is 1.79. The third-order valence-corrected chi connectivity index (χ3v) is 3.89. The highest BCUT2D eigenvalue weighted by atomic mass is 35.5. The average Bonchev–Trinajstić information content (AvgIpc) is 2.66. The Hall–Kier alpha value is -3.26. The van der Waals surface area contributed by atoms with Crippen LogP contribution >= 0.6 is 11.6 Å². The first-order valence-electron chi connectivity index (χ1n) is 7.85. The number of hydrogen-bond donors (Lipinski definition) is 2. The van der Waals surface area contributed by atoms with E-state index in [9.17, 15) is 4.79 Å². The Kier molecular flexibility index (Phi) is 5.46. The van der Waals surface area contributed by atoms with Gasteiger partial charge in [0.2, 0.25) is 5.75 Å². The van der Waals surface area contributed by atoms with E-state index >= 15 is 0 Å². The summed E-state index contributed by atoms with van der Waals surface area (Å²) in [6.07, 6.45) is 0. The van der Waals surface area contributed by atoms with Crippen LogP contribution in [0.5, 0.6) is 17.2 Å². The summed E-state index contributed by atoms with van der Waals surface area (Å²) in [6.45, 7) is 0. The van der Waals surface area contributed by atoms with E-state index in [1.54, 1.807) is 36.4 Å². The summed E-state index contributed by atoms with van der Waals surface area (Å²) < 4.78 is 15.8. The van der Waals surface area contributed by atoms with Gasteiger partial charge in [-0.1, -0.05) is 11.6 Å². The van der Waals surface area contributed by atoms with Gasteiger partial charge in [0.05, 0.1) is 27.0 Å². The van der Waals surface area contributed by atoms with Crippen LogP contribution in [0.15, 0.2) is 36.4 Å². The first kappa shape index (κ1) is 18.5. The fraction of sp³-hybridized carbons (Fsp3) is 0.167. The monoisotopic (exact) mass is 388 g/mol. The van der Waals surface area contributed by atoms with Crippen LogP contribution in [0, 0.1) is 0 Å². The largest absolute Gasteiger partial charge is 0.493 e. The van der Waals surface area contributed by atoms with Gasteiger partial charge in [-0.2, -0.15) is 0 Å². The highest BCUT2D eigenvalue weighted by molar-refractivity contribution is 6.29. The first-order valence-corrected chi connectivity index (χ1v) is 8.23. The highest BCUT2D eigenvalue weighted by Gasteiger charge is 2.14. The number of nitrogens with zero attached hydrogens (tertiary/aromatic N) is 2. The van der Waals surface area contributed by atoms with Gasteiger partial charge in [0, 0.05) is 17.5 Å². The molecule has 2 amide bonds. The van der Waals surface area contributed by atoms with Crippen molar-refractivity contribution >= 4 is 40.2 Å². The molecule has 2 aromatic heterocycles. The van der Waals surface area contributed by atoms with Crippen molar-refractivity contribution < 1.29 is 19.0 Å². The zero-order valence-electron chi connectivity index (χ0n) is 14.9. The SMILES string of the molecule is COc1cc(NC(=O)Nc2ccc3ccc(Cl)nc3n2)cc(OC)c1OC. The molecule has 0 radical (unpaired) electrons. The number of aromatic nitrogens is 2. The minimum absolute atomic E-state index is 0.328. The van der Waals surface area contributed by atoms with Crippen molar-refractivity contribution in [1.29, 1.82) is 0 Å². The number of fused-ring (bicyclic) bond motifs is 1. The van der Waals surface area contributed by atoms with Crippen molar-refractivity contribution in [3.05, 3.63) is 41.6 Å². The topological polar surface area (TPSA) is 94.6 Å². The van der Waals surface area contributed by atoms with E-state index in [2.05, 4.69) is 20.6 Å². The third-order valence-electron chi connectivity index (χ3n) is 3.68. The van der Waals surface area contributed by atoms with E-state index in [1.165, 1.54) is 21.3 Å². The summed E-state index contributed by atoms with van der Waals surface area (Å²) in [7, 11) is 4.50. The fourth-order valence-corrected chi connectivity index (χ4v) is 2.62. The number of hydrogen-bond acceptors (Lipinski definition) is 6. The Morgan fingerprint density at radius 3 is 2.22 bits per heavy atom. The molecule has 2 N–H and O–H groups in total. The molecule has 0 aliphatic heterocycles. The van der Waals surface area contributed by atoms with E-state index in [4.69, 9.17) is 25.8 Å². The molecule has 0 aliphatic rings. The molecule has 1 aromatic carbocycles. The number of anilines is 2. The van der Waals surface area contributed by atoms with Crippen LogP contribution in [0.3, 0.4) is 0 Å². The van der Waals surface area contributed by atoms with E-state index < -0.39 is 6.03 Å². The van der Waals surface area contributed by atoms with Crippen molar-refractivity contribution in [2.24, 2.45) is 0 Å². The van der Waals surface area contributed by atoms with Gasteiger partial charge in [0.25, 0.3) is 0 Å². The van der Waals surface area contributed by atoms with Gasteiger partial charge >= 0.3 is 6.03 Å². The summed E-state index contributed by atoms with van der Waals surface area (Å²) in [4.78, 5) is 20.7. The van der Waals surface area contributed by atoms with Gasteiger partial charge in [-0.25, -0.2) is 14.8 Å². The van der Waals surface area contributed by atoms with Crippen LogP contribution < -0.4 is 24.8 Å². The Bertz CT molecular complexity index is 971. The first-order chi connectivity index (χ1) is 13.0. The van der Waals surface area contributed by atoms with Gasteiger partial charge in [-0.15, -0.1) is 0 Å². The highest BCUT2D eigenvalue weighted by Crippen LogP contribution is 2.39. The number of carbonyl (C=O) groups is 1. The Morgan fingerprint density at radius 1 is 0.926 bits per heavy atom. The number of amides is 2. The lowest BCUT2D eigenvalue weighted by molar-refractivity contribution is 0.262. The van der Waals surface area contributed by atoms with Crippen LogP contribution in [0.1, 0.15) is 0 Å². The minimum Gasteiger partial charge on any atom is -0.493 e. The molecular weight excluding hydrogens is 372 g/mol. The Morgan fingerprint density at radius 2 is 1.59 bits per heavy atom. The number of benzene rings is 1. The molecule has 27 heavy (non-hydrogen) atoms. The van der Waals surface area contributed by atoms with Crippen molar-refractivity contribution in [3.63, 3.8) is 0 Å². The molecule has 0 fully saturated rings. The van der Waals surface area contributed by atoms with Gasteiger partial charge in [-0.05, 0) is 24.3 Å². The van der Waals surface area contributed by atoms with Gasteiger partial charge in [0.15, 0.2) is 17.1 Å². The fourth-order valence-electron chi connectivity index (χ4n) is 2.48. The van der Waals surface area contributed by atoms with Gasteiger partial charge in [0.1, 0.15) is 11.0 Å². The second-order valence-electron chi connectivity index (χ2n) is 5.37. The summed E-state index contributed by atoms with van der Waals surface area (Å²) in [5.41, 5.74) is 0.900. The van der Waals surface area contributed by atoms with Crippen LogP contribution in [0.25, 0.3) is 11.0 Å². The van der Waals surface area contributed by atoms with Gasteiger partial charge in [-0.3, -0.25) is 5.32 Å². The van der Waals surface area contributed by atoms with Crippen molar-refractivity contribution in [2.45, 2.75) is 0 Å². The zero-order chi connectivity index (χ0) is 19.4. The molecule has 0 saturated carbocycles. The molecule has 3 rings (SSSR count). The van der Waals surface area contributed by atoms with Crippen LogP contribution in [-0.2, 0) is 0 Å². The average molecular weight is 389 g/mol. The van der Waals surface area contributed by atoms with E-state index in [0.29, 0.717) is 39.6 Å². The molecule has 140 valence electrons. The molecule has 0 unspecified atom stereocenters. The van der Waals surface area contributed by atoms with Crippen LogP contribution in [0.4, 0.5) is 16.3 Å². The molecular formula is C18H17ClN4O4. The quantitative estimate of drug-likeness (QED) is 0.642. The lowest BCUT2D eigenvalue weighted by Gasteiger charge is -2.14. The number of carbonyl (C=O) groups excluding carboxylic acids is 1. The van der Waals surface area contributed by atoms with E-state index in [0.717, 1.165) is 5.39 Å². The number of ether oxygens (including phenoxy) is 3. The zero-order valence-corrected chi connectivity index (χ0v) is 15.6. The molecule has 2 heterocycles. The smallest absolute Gasteiger partial charge is 0.324 e. The van der Waals surface area contributed by atoms with E-state index in [-0.39, 0.29) is 0 Å². The van der Waals surface area contributed by atoms with Crippen molar-refractivity contribution in [2.75, 3.05) is 32.0 Å². The predicted octanol–water partition coefficient (Wildman–Crippen LogP) is 3.95. The maximum atomic E-state index is 12.3. The summed E-state index contributed by atoms with van der Waals surface area (Å²) in [6, 6.07) is 9.70. The summed E-state index contributed by atoms with van der Waals surface area (Å²) in [5.74, 6) is 1.62. The number of nitrogens with one attached hydrogen (secondary N) is 2. The molecule has 0 atom stereocenters. The maximum absolute atomic E-state index is 12.3. The molecule has 0 bridgehead atoms. The lowest BCUT2D eigenvalue weighted by atomic mass is 10.2. The summed E-state index contributed by atoms with van der Waals surface area (Å²) in [5, 5.41) is 6.49. The normalized spacial score (nSPS) is 10.4. The molecule has 8 nitrogen and oxygen atoms in total. The maximum Gasteiger partial charge on any atom is 0.324 e. The standard InChI is InChI=1S/C18H17ClN4O4/c1-25-12-8-11(9-13(26-2)16(12)27-3)20-18(24)23-15-7-5-10-4-6-14(19)21-17(10)22-15/h4-9H,1-3H3,(H2,20,21,22,23,24). The lowest BCUT2D eigenvalue weighted by Crippen LogP contribution is -2.20. The third kappa shape index (κ3) is 4.12. The second kappa shape index (κ2) is 7.96. The van der Waals surface area contributed by atoms with E-state index in [1.807, 2.05) is 0 Å². The number of halogens is 1. The number of pyridine rings is 2. The molecule has 3 aromatic rings. The number of rotatable bonds is 5. The minimum atomic E-state index is -0.488. The van der Waals surface area contributed by atoms with Crippen LogP contribution in [-0.4, -0.2) is 37.3 Å². The molecule has 9 heteroatoms. The van der Waals surface area contributed by atoms with Crippen molar-refractivity contribution in [1.82, 2.24) is 9.97 Å². The molecule has 0 saturated heterocycles. The van der Waals surface area contributed by atoms with Crippen molar-refractivity contribution in [3.8, 4) is 17.2 Å². The molecule has 0 spiro atoms. The second-order valence-corrected chi connectivity index (χ2v) is 5.76. The number of urea groups is 1. The van der Waals surface area contributed by atoms with Crippen LogP contribution in [0.2, 0.25) is 5.15 Å².